The lowest BCUT2D eigenvalue weighted by atomic mass is 10.1. The number of hydrogen-bond donors (Lipinski definition) is 1. The first kappa shape index (κ1) is 17.9. The molecule has 1 amide bonds. The number of amides is 1. The maximum Gasteiger partial charge on any atom is 0.262 e. The van der Waals surface area contributed by atoms with Crippen molar-refractivity contribution in [2.24, 2.45) is 0 Å². The molecule has 4 rings (SSSR count). The van der Waals surface area contributed by atoms with E-state index in [0.717, 1.165) is 35.5 Å². The second kappa shape index (κ2) is 7.62. The van der Waals surface area contributed by atoms with Gasteiger partial charge in [0.1, 0.15) is 11.4 Å². The van der Waals surface area contributed by atoms with Crippen molar-refractivity contribution in [3.8, 4) is 10.4 Å². The van der Waals surface area contributed by atoms with Crippen LogP contribution >= 0.6 is 11.3 Å². The summed E-state index contributed by atoms with van der Waals surface area (Å²) in [6, 6.07) is 9.96. The van der Waals surface area contributed by atoms with Crippen molar-refractivity contribution in [3.63, 3.8) is 0 Å². The topological polar surface area (TPSA) is 73.2 Å². The van der Waals surface area contributed by atoms with Crippen LogP contribution < -0.4 is 10.9 Å². The van der Waals surface area contributed by atoms with E-state index in [2.05, 4.69) is 10.3 Å². The minimum absolute atomic E-state index is 0.0373. The van der Waals surface area contributed by atoms with E-state index in [-0.39, 0.29) is 24.1 Å². The molecule has 1 aromatic carbocycles. The number of carbonyl (C=O) groups excluding carboxylic acids is 1. The van der Waals surface area contributed by atoms with E-state index in [1.165, 1.54) is 22.2 Å². The minimum Gasteiger partial charge on any atom is -0.376 e. The molecular formula is C20H21N3O3S. The first-order chi connectivity index (χ1) is 13.1. The number of fused-ring (bicyclic) bond motifs is 1. The Morgan fingerprint density at radius 3 is 2.93 bits per heavy atom. The van der Waals surface area contributed by atoms with Gasteiger partial charge in [-0.15, -0.1) is 11.3 Å². The highest BCUT2D eigenvalue weighted by Crippen LogP contribution is 2.35. The van der Waals surface area contributed by atoms with Gasteiger partial charge in [0.25, 0.3) is 5.56 Å². The molecule has 3 heterocycles. The first-order valence-corrected chi connectivity index (χ1v) is 9.87. The van der Waals surface area contributed by atoms with Crippen LogP contribution in [0.1, 0.15) is 18.4 Å². The van der Waals surface area contributed by atoms with E-state index in [9.17, 15) is 9.59 Å². The van der Waals surface area contributed by atoms with Crippen LogP contribution in [0.5, 0.6) is 0 Å². The summed E-state index contributed by atoms with van der Waals surface area (Å²) < 4.78 is 6.88. The van der Waals surface area contributed by atoms with Crippen LogP contribution in [0, 0.1) is 6.92 Å². The molecule has 1 aliphatic rings. The number of rotatable bonds is 5. The molecule has 7 heteroatoms. The summed E-state index contributed by atoms with van der Waals surface area (Å²) in [5.41, 5.74) is 1.80. The van der Waals surface area contributed by atoms with Gasteiger partial charge in [-0.2, -0.15) is 0 Å². The fourth-order valence-electron chi connectivity index (χ4n) is 3.38. The maximum absolute atomic E-state index is 12.9. The number of aryl methyl sites for hydroxylation is 1. The summed E-state index contributed by atoms with van der Waals surface area (Å²) in [5.74, 6) is -0.204. The molecule has 140 valence electrons. The number of thiophene rings is 1. The van der Waals surface area contributed by atoms with Gasteiger partial charge in [-0.1, -0.05) is 30.3 Å². The van der Waals surface area contributed by atoms with Crippen molar-refractivity contribution in [1.82, 2.24) is 14.9 Å². The lowest BCUT2D eigenvalue weighted by molar-refractivity contribution is -0.122. The van der Waals surface area contributed by atoms with Gasteiger partial charge in [0.15, 0.2) is 0 Å². The van der Waals surface area contributed by atoms with Gasteiger partial charge in [0.05, 0.1) is 17.8 Å². The standard InChI is InChI=1S/C20H21N3O3S/c1-13-17-19(27-18(13)14-6-3-2-4-7-14)22-12-23(20(17)25)11-16(24)21-10-15-8-5-9-26-15/h2-4,6-7,12,15H,5,8-11H2,1H3,(H,21,24)/t15-/m1/s1. The lowest BCUT2D eigenvalue weighted by Gasteiger charge is -2.11. The van der Waals surface area contributed by atoms with Crippen LogP contribution in [-0.4, -0.2) is 34.7 Å². The van der Waals surface area contributed by atoms with Crippen molar-refractivity contribution >= 4 is 27.5 Å². The molecule has 0 aliphatic carbocycles. The van der Waals surface area contributed by atoms with Crippen LogP contribution in [0.15, 0.2) is 41.5 Å². The smallest absolute Gasteiger partial charge is 0.262 e. The highest BCUT2D eigenvalue weighted by atomic mass is 32.1. The molecule has 1 N–H and O–H groups in total. The summed E-state index contributed by atoms with van der Waals surface area (Å²) in [5, 5.41) is 3.44. The van der Waals surface area contributed by atoms with Crippen LogP contribution in [0.3, 0.4) is 0 Å². The van der Waals surface area contributed by atoms with Crippen LogP contribution in [0.2, 0.25) is 0 Å². The van der Waals surface area contributed by atoms with Crippen molar-refractivity contribution < 1.29 is 9.53 Å². The van der Waals surface area contributed by atoms with Gasteiger partial charge < -0.3 is 10.1 Å². The summed E-state index contributed by atoms with van der Waals surface area (Å²) >= 11 is 1.50. The van der Waals surface area contributed by atoms with E-state index >= 15 is 0 Å². The van der Waals surface area contributed by atoms with Crippen molar-refractivity contribution in [2.45, 2.75) is 32.4 Å². The molecule has 6 nitrogen and oxygen atoms in total. The third kappa shape index (κ3) is 3.65. The molecule has 1 saturated heterocycles. The second-order valence-electron chi connectivity index (χ2n) is 6.72. The van der Waals surface area contributed by atoms with Gasteiger partial charge in [0, 0.05) is 18.0 Å². The molecule has 27 heavy (non-hydrogen) atoms. The Labute approximate surface area is 160 Å². The molecule has 0 spiro atoms. The Hall–Kier alpha value is -2.51. The Balaban J connectivity index is 1.57. The molecule has 0 bridgehead atoms. The number of carbonyl (C=O) groups is 1. The molecule has 3 aromatic rings. The molecule has 1 aliphatic heterocycles. The molecule has 2 aromatic heterocycles. The Kier molecular flexibility index (Phi) is 5.05. The number of aromatic nitrogens is 2. The fourth-order valence-corrected chi connectivity index (χ4v) is 4.53. The van der Waals surface area contributed by atoms with Crippen molar-refractivity contribution in [3.05, 3.63) is 52.6 Å². The van der Waals surface area contributed by atoms with Crippen LogP contribution in [0.25, 0.3) is 20.7 Å². The Morgan fingerprint density at radius 2 is 2.19 bits per heavy atom. The predicted octanol–water partition coefficient (Wildman–Crippen LogP) is 2.73. The normalized spacial score (nSPS) is 16.7. The number of nitrogens with zero attached hydrogens (tertiary/aromatic N) is 2. The molecule has 0 saturated carbocycles. The molecule has 0 radical (unpaired) electrons. The zero-order chi connectivity index (χ0) is 18.8. The van der Waals surface area contributed by atoms with Gasteiger partial charge in [-0.3, -0.25) is 14.2 Å². The fraction of sp³-hybridized carbons (Fsp3) is 0.350. The molecule has 0 unspecified atom stereocenters. The number of benzene rings is 1. The SMILES string of the molecule is Cc1c(-c2ccccc2)sc2ncn(CC(=O)NC[C@H]3CCCO3)c(=O)c12. The molecule has 1 atom stereocenters. The highest BCUT2D eigenvalue weighted by molar-refractivity contribution is 7.22. The third-order valence-electron chi connectivity index (χ3n) is 4.82. The Morgan fingerprint density at radius 1 is 1.37 bits per heavy atom. The van der Waals surface area contributed by atoms with Crippen LogP contribution in [0.4, 0.5) is 0 Å². The van der Waals surface area contributed by atoms with Crippen molar-refractivity contribution in [2.75, 3.05) is 13.2 Å². The quantitative estimate of drug-likeness (QED) is 0.735. The van der Waals surface area contributed by atoms with E-state index in [0.29, 0.717) is 16.8 Å². The summed E-state index contributed by atoms with van der Waals surface area (Å²) in [6.45, 7) is 3.14. The Bertz CT molecular complexity index is 1020. The third-order valence-corrected chi connectivity index (χ3v) is 6.07. The maximum atomic E-state index is 12.9. The lowest BCUT2D eigenvalue weighted by Crippen LogP contribution is -2.36. The van der Waals surface area contributed by atoms with E-state index in [4.69, 9.17) is 4.74 Å². The summed E-state index contributed by atoms with van der Waals surface area (Å²) in [7, 11) is 0. The zero-order valence-electron chi connectivity index (χ0n) is 15.1. The molecular weight excluding hydrogens is 362 g/mol. The van der Waals surface area contributed by atoms with Gasteiger partial charge in [-0.05, 0) is 30.9 Å². The van der Waals surface area contributed by atoms with Gasteiger partial charge in [0.2, 0.25) is 5.91 Å². The monoisotopic (exact) mass is 383 g/mol. The zero-order valence-corrected chi connectivity index (χ0v) is 15.9. The highest BCUT2D eigenvalue weighted by Gasteiger charge is 2.18. The largest absolute Gasteiger partial charge is 0.376 e. The summed E-state index contributed by atoms with van der Waals surface area (Å²) in [6.07, 6.45) is 3.53. The average molecular weight is 383 g/mol. The van der Waals surface area contributed by atoms with Crippen molar-refractivity contribution in [1.29, 1.82) is 0 Å². The second-order valence-corrected chi connectivity index (χ2v) is 7.72. The van der Waals surface area contributed by atoms with Gasteiger partial charge >= 0.3 is 0 Å². The number of ether oxygens (including phenoxy) is 1. The van der Waals surface area contributed by atoms with E-state index < -0.39 is 0 Å². The minimum atomic E-state index is -0.204. The molecule has 1 fully saturated rings. The van der Waals surface area contributed by atoms with Crippen LogP contribution in [-0.2, 0) is 16.1 Å². The number of nitrogens with one attached hydrogen (secondary N) is 1. The number of hydrogen-bond acceptors (Lipinski definition) is 5. The summed E-state index contributed by atoms with van der Waals surface area (Å²) in [4.78, 5) is 31.3. The predicted molar refractivity (Wildman–Crippen MR) is 106 cm³/mol. The van der Waals surface area contributed by atoms with Gasteiger partial charge in [-0.25, -0.2) is 4.98 Å². The average Bonchev–Trinajstić information content (AvgIpc) is 3.31. The van der Waals surface area contributed by atoms with E-state index in [1.54, 1.807) is 0 Å². The van der Waals surface area contributed by atoms with E-state index in [1.807, 2.05) is 37.3 Å². The first-order valence-electron chi connectivity index (χ1n) is 9.06.